The summed E-state index contributed by atoms with van der Waals surface area (Å²) in [5.74, 6) is 0. The van der Waals surface area contributed by atoms with E-state index in [-0.39, 0.29) is 11.3 Å². The third kappa shape index (κ3) is 1.77. The van der Waals surface area contributed by atoms with Gasteiger partial charge in [-0.3, -0.25) is 0 Å². The lowest BCUT2D eigenvalue weighted by atomic mass is 9.98. The van der Waals surface area contributed by atoms with Gasteiger partial charge in [0.25, 0.3) is 0 Å². The molecule has 18 heavy (non-hydrogen) atoms. The Bertz CT molecular complexity index is 418. The van der Waals surface area contributed by atoms with Crippen LogP contribution in [0.25, 0.3) is 0 Å². The number of allylic oxidation sites excluding steroid dienone is 4. The van der Waals surface area contributed by atoms with Crippen molar-refractivity contribution in [1.82, 2.24) is 0 Å². The second-order valence-electron chi connectivity index (χ2n) is 5.27. The largest absolute Gasteiger partial charge is 0.415 e. The van der Waals surface area contributed by atoms with Gasteiger partial charge in [-0.25, -0.2) is 0 Å². The van der Waals surface area contributed by atoms with Gasteiger partial charge in [0, 0.05) is 14.3 Å². The van der Waals surface area contributed by atoms with Crippen LogP contribution in [0.4, 0.5) is 13.2 Å². The fraction of sp³-hybridized carbons (Fsp3) is 0.692. The van der Waals surface area contributed by atoms with Crippen LogP contribution in [0, 0.1) is 0 Å². The van der Waals surface area contributed by atoms with Crippen LogP contribution in [0.2, 0.25) is 0 Å². The molecule has 1 heterocycles. The average Bonchev–Trinajstić information content (AvgIpc) is 2.31. The maximum atomic E-state index is 12.5. The second kappa shape index (κ2) is 4.08. The predicted octanol–water partition coefficient (Wildman–Crippen LogP) is 4.79. The Morgan fingerprint density at radius 1 is 1.11 bits per heavy atom. The SMILES string of the molecule is CC1=C(C)C(C)(P2CC(C(F)(F)F)O2)C(C)=C1C. The van der Waals surface area contributed by atoms with Gasteiger partial charge in [-0.2, -0.15) is 13.2 Å². The highest BCUT2D eigenvalue weighted by Gasteiger charge is 2.57. The fourth-order valence-electron chi connectivity index (χ4n) is 2.69. The van der Waals surface area contributed by atoms with Crippen LogP contribution in [0.5, 0.6) is 0 Å². The van der Waals surface area contributed by atoms with E-state index in [0.717, 1.165) is 0 Å². The highest BCUT2D eigenvalue weighted by molar-refractivity contribution is 7.56. The van der Waals surface area contributed by atoms with E-state index in [4.69, 9.17) is 4.52 Å². The van der Waals surface area contributed by atoms with Crippen molar-refractivity contribution in [1.29, 1.82) is 0 Å². The second-order valence-corrected chi connectivity index (χ2v) is 7.50. The van der Waals surface area contributed by atoms with Crippen molar-refractivity contribution in [2.24, 2.45) is 0 Å². The van der Waals surface area contributed by atoms with E-state index < -0.39 is 20.4 Å². The lowest BCUT2D eigenvalue weighted by Gasteiger charge is -2.47. The Morgan fingerprint density at radius 3 is 1.83 bits per heavy atom. The van der Waals surface area contributed by atoms with Crippen molar-refractivity contribution in [3.05, 3.63) is 22.3 Å². The molecule has 1 aliphatic carbocycles. The minimum Gasteiger partial charge on any atom is -0.345 e. The molecule has 5 heteroatoms. The van der Waals surface area contributed by atoms with Crippen molar-refractivity contribution in [3.63, 3.8) is 0 Å². The molecule has 1 aliphatic heterocycles. The van der Waals surface area contributed by atoms with Gasteiger partial charge in [-0.05, 0) is 45.8 Å². The molecule has 0 aromatic rings. The van der Waals surface area contributed by atoms with Crippen LogP contribution in [-0.4, -0.2) is 23.6 Å². The summed E-state index contributed by atoms with van der Waals surface area (Å²) in [6, 6.07) is 0. The standard InChI is InChI=1S/C13H18F3OP/c1-7-8(2)10(4)12(5,9(7)3)18-6-11(17-18)13(14,15)16/h11H,6H2,1-5H3. The first kappa shape index (κ1) is 14.1. The Balaban J connectivity index is 2.22. The molecule has 2 rings (SSSR count). The molecule has 0 radical (unpaired) electrons. The van der Waals surface area contributed by atoms with Crippen molar-refractivity contribution in [3.8, 4) is 0 Å². The molecule has 1 fully saturated rings. The van der Waals surface area contributed by atoms with Gasteiger partial charge in [0.05, 0.1) is 5.16 Å². The molecule has 2 unspecified atom stereocenters. The lowest BCUT2D eigenvalue weighted by Crippen LogP contribution is -2.45. The van der Waals surface area contributed by atoms with E-state index in [1.54, 1.807) is 0 Å². The van der Waals surface area contributed by atoms with E-state index in [0.29, 0.717) is 0 Å². The van der Waals surface area contributed by atoms with Crippen molar-refractivity contribution >= 4 is 8.15 Å². The summed E-state index contributed by atoms with van der Waals surface area (Å²) >= 11 is 0. The molecular weight excluding hydrogens is 260 g/mol. The fourth-order valence-corrected chi connectivity index (χ4v) is 5.27. The van der Waals surface area contributed by atoms with Crippen molar-refractivity contribution < 1.29 is 17.7 Å². The Kier molecular flexibility index (Phi) is 3.19. The monoisotopic (exact) mass is 278 g/mol. The molecule has 0 aromatic carbocycles. The summed E-state index contributed by atoms with van der Waals surface area (Å²) in [6.07, 6.45) is -5.64. The summed E-state index contributed by atoms with van der Waals surface area (Å²) in [6.45, 7) is 10.1. The summed E-state index contributed by atoms with van der Waals surface area (Å²) in [5, 5.41) is -0.300. The van der Waals surface area contributed by atoms with Crippen molar-refractivity contribution in [2.45, 2.75) is 52.1 Å². The molecule has 1 nitrogen and oxygen atoms in total. The zero-order chi connectivity index (χ0) is 13.9. The highest BCUT2D eigenvalue weighted by Crippen LogP contribution is 2.68. The van der Waals surface area contributed by atoms with E-state index in [2.05, 4.69) is 0 Å². The Hall–Kier alpha value is -0.340. The average molecular weight is 278 g/mol. The van der Waals surface area contributed by atoms with Gasteiger partial charge in [0.15, 0.2) is 6.10 Å². The maximum Gasteiger partial charge on any atom is 0.415 e. The van der Waals surface area contributed by atoms with E-state index in [1.807, 2.05) is 34.6 Å². The number of halogens is 3. The Labute approximate surface area is 107 Å². The van der Waals surface area contributed by atoms with Crippen molar-refractivity contribution in [2.75, 3.05) is 6.16 Å². The van der Waals surface area contributed by atoms with E-state index in [9.17, 15) is 13.2 Å². The quantitative estimate of drug-likeness (QED) is 0.627. The van der Waals surface area contributed by atoms with Gasteiger partial charge in [-0.15, -0.1) is 0 Å². The van der Waals surface area contributed by atoms with Crippen LogP contribution in [-0.2, 0) is 4.52 Å². The highest BCUT2D eigenvalue weighted by atomic mass is 31.1. The van der Waals surface area contributed by atoms with Crippen LogP contribution in [0.15, 0.2) is 22.3 Å². The van der Waals surface area contributed by atoms with Crippen LogP contribution >= 0.6 is 8.15 Å². The summed E-state index contributed by atoms with van der Waals surface area (Å²) < 4.78 is 42.7. The minimum absolute atomic E-state index is 0.130. The number of rotatable bonds is 1. The molecule has 0 spiro atoms. The lowest BCUT2D eigenvalue weighted by molar-refractivity contribution is -0.197. The number of hydrogen-bond acceptors (Lipinski definition) is 1. The molecule has 102 valence electrons. The first-order valence-corrected chi connectivity index (χ1v) is 7.42. The van der Waals surface area contributed by atoms with Gasteiger partial charge < -0.3 is 4.52 Å². The van der Waals surface area contributed by atoms with E-state index >= 15 is 0 Å². The minimum atomic E-state index is -4.22. The molecular formula is C13H18F3OP. The molecule has 0 saturated carbocycles. The first-order chi connectivity index (χ1) is 8.10. The summed E-state index contributed by atoms with van der Waals surface area (Å²) in [7, 11) is -1.05. The zero-order valence-electron chi connectivity index (χ0n) is 11.3. The normalized spacial score (nSPS) is 32.0. The van der Waals surface area contributed by atoms with Crippen LogP contribution in [0.1, 0.15) is 34.6 Å². The molecule has 1 saturated heterocycles. The number of hydrogen-bond donors (Lipinski definition) is 0. The van der Waals surface area contributed by atoms with Gasteiger partial charge in [0.1, 0.15) is 0 Å². The van der Waals surface area contributed by atoms with Crippen LogP contribution < -0.4 is 0 Å². The third-order valence-electron chi connectivity index (χ3n) is 4.60. The zero-order valence-corrected chi connectivity index (χ0v) is 12.2. The maximum absolute atomic E-state index is 12.5. The summed E-state index contributed by atoms with van der Waals surface area (Å²) in [4.78, 5) is 0. The Morgan fingerprint density at radius 2 is 1.50 bits per heavy atom. The van der Waals surface area contributed by atoms with Gasteiger partial charge in [0.2, 0.25) is 0 Å². The van der Waals surface area contributed by atoms with Crippen LogP contribution in [0.3, 0.4) is 0 Å². The molecule has 0 amide bonds. The smallest absolute Gasteiger partial charge is 0.345 e. The molecule has 2 atom stereocenters. The third-order valence-corrected chi connectivity index (χ3v) is 7.44. The molecule has 0 N–H and O–H groups in total. The topological polar surface area (TPSA) is 9.23 Å². The van der Waals surface area contributed by atoms with Gasteiger partial charge >= 0.3 is 6.18 Å². The summed E-state index contributed by atoms with van der Waals surface area (Å²) in [5.41, 5.74) is 4.75. The number of alkyl halides is 3. The van der Waals surface area contributed by atoms with E-state index in [1.165, 1.54) is 22.3 Å². The first-order valence-electron chi connectivity index (χ1n) is 5.97. The molecule has 0 aromatic heterocycles. The molecule has 0 bridgehead atoms. The van der Waals surface area contributed by atoms with Gasteiger partial charge in [-0.1, -0.05) is 11.1 Å². The molecule has 2 aliphatic rings. The predicted molar refractivity (Wildman–Crippen MR) is 67.9 cm³/mol.